The first kappa shape index (κ1) is 15.0. The number of benzene rings is 1. The number of thiazole rings is 1. The quantitative estimate of drug-likeness (QED) is 0.679. The lowest BCUT2D eigenvalue weighted by atomic mass is 10.1. The number of nitrogens with one attached hydrogen (secondary N) is 1. The van der Waals surface area contributed by atoms with Gasteiger partial charge < -0.3 is 5.32 Å². The summed E-state index contributed by atoms with van der Waals surface area (Å²) in [5.41, 5.74) is -0.680. The number of carbonyl (C=O) groups is 1. The monoisotopic (exact) mass is 309 g/mol. The van der Waals surface area contributed by atoms with Gasteiger partial charge >= 0.3 is 0 Å². The normalized spacial score (nSPS) is 10.4. The molecular formula is C13H12FN3O3S. The molecule has 0 saturated carbocycles. The lowest BCUT2D eigenvalue weighted by molar-refractivity contribution is -0.384. The van der Waals surface area contributed by atoms with E-state index >= 15 is 0 Å². The number of carbonyl (C=O) groups excluding carboxylic acids is 1. The van der Waals surface area contributed by atoms with Crippen LogP contribution in [-0.4, -0.2) is 15.8 Å². The van der Waals surface area contributed by atoms with Crippen LogP contribution in [0.3, 0.4) is 0 Å². The number of hydrogen-bond donors (Lipinski definition) is 1. The van der Waals surface area contributed by atoms with Crippen LogP contribution in [0.25, 0.3) is 0 Å². The van der Waals surface area contributed by atoms with Crippen LogP contribution in [0.2, 0.25) is 0 Å². The Labute approximate surface area is 123 Å². The van der Waals surface area contributed by atoms with Crippen molar-refractivity contribution in [1.29, 1.82) is 0 Å². The number of amides is 1. The molecule has 1 amide bonds. The van der Waals surface area contributed by atoms with Crippen molar-refractivity contribution in [1.82, 2.24) is 10.3 Å². The van der Waals surface area contributed by atoms with Crippen LogP contribution in [-0.2, 0) is 13.0 Å². The minimum absolute atomic E-state index is 0.158. The van der Waals surface area contributed by atoms with Gasteiger partial charge in [-0.05, 0) is 12.5 Å². The molecule has 1 N–H and O–H groups in total. The number of aryl methyl sites for hydroxylation is 1. The van der Waals surface area contributed by atoms with Crippen molar-refractivity contribution >= 4 is 22.9 Å². The van der Waals surface area contributed by atoms with Gasteiger partial charge in [-0.3, -0.25) is 14.9 Å². The van der Waals surface area contributed by atoms with Crippen LogP contribution >= 0.6 is 11.3 Å². The SMILES string of the molecule is CCc1cnc(CNC(=O)c2cc([N+](=O)[O-])ccc2F)s1. The molecule has 0 spiro atoms. The number of nitro groups is 1. The molecule has 0 fully saturated rings. The zero-order valence-corrected chi connectivity index (χ0v) is 11.9. The highest BCUT2D eigenvalue weighted by Crippen LogP contribution is 2.17. The minimum Gasteiger partial charge on any atom is -0.345 e. The lowest BCUT2D eigenvalue weighted by Gasteiger charge is -2.04. The van der Waals surface area contributed by atoms with Crippen LogP contribution in [0.15, 0.2) is 24.4 Å². The van der Waals surface area contributed by atoms with Gasteiger partial charge in [0.25, 0.3) is 11.6 Å². The first-order valence-corrected chi connectivity index (χ1v) is 6.98. The van der Waals surface area contributed by atoms with E-state index in [1.807, 2.05) is 6.92 Å². The van der Waals surface area contributed by atoms with Crippen molar-refractivity contribution in [3.63, 3.8) is 0 Å². The van der Waals surface area contributed by atoms with Gasteiger partial charge in [-0.15, -0.1) is 11.3 Å². The standard InChI is InChI=1S/C13H12FN3O3S/c1-2-9-6-15-12(21-9)7-16-13(18)10-5-8(17(19)20)3-4-11(10)14/h3-6H,2,7H2,1H3,(H,16,18). The topological polar surface area (TPSA) is 85.1 Å². The number of nitro benzene ring substituents is 1. The van der Waals surface area contributed by atoms with Gasteiger partial charge in [0.1, 0.15) is 10.8 Å². The molecule has 1 heterocycles. The van der Waals surface area contributed by atoms with Gasteiger partial charge in [0.15, 0.2) is 0 Å². The van der Waals surface area contributed by atoms with E-state index in [-0.39, 0.29) is 17.8 Å². The first-order chi connectivity index (χ1) is 10.0. The molecule has 8 heteroatoms. The first-order valence-electron chi connectivity index (χ1n) is 6.17. The van der Waals surface area contributed by atoms with E-state index in [4.69, 9.17) is 0 Å². The van der Waals surface area contributed by atoms with Crippen molar-refractivity contribution in [2.45, 2.75) is 19.9 Å². The maximum absolute atomic E-state index is 13.6. The Morgan fingerprint density at radius 2 is 2.29 bits per heavy atom. The second-order valence-electron chi connectivity index (χ2n) is 4.18. The van der Waals surface area contributed by atoms with Crippen LogP contribution in [0.4, 0.5) is 10.1 Å². The third-order valence-corrected chi connectivity index (χ3v) is 3.90. The Bertz CT molecular complexity index is 687. The molecule has 0 aliphatic rings. The zero-order chi connectivity index (χ0) is 15.4. The number of non-ortho nitro benzene ring substituents is 1. The average molecular weight is 309 g/mol. The summed E-state index contributed by atoms with van der Waals surface area (Å²) in [5.74, 6) is -1.50. The maximum Gasteiger partial charge on any atom is 0.270 e. The third kappa shape index (κ3) is 3.60. The fourth-order valence-electron chi connectivity index (χ4n) is 1.65. The predicted molar refractivity (Wildman–Crippen MR) is 75.7 cm³/mol. The molecule has 0 aliphatic heterocycles. The largest absolute Gasteiger partial charge is 0.345 e. The van der Waals surface area contributed by atoms with E-state index in [0.29, 0.717) is 5.01 Å². The summed E-state index contributed by atoms with van der Waals surface area (Å²) < 4.78 is 13.6. The fourth-order valence-corrected chi connectivity index (χ4v) is 2.45. The molecular weight excluding hydrogens is 297 g/mol. The van der Waals surface area contributed by atoms with E-state index in [1.165, 1.54) is 11.3 Å². The molecule has 0 saturated heterocycles. The molecule has 6 nitrogen and oxygen atoms in total. The number of aromatic nitrogens is 1. The van der Waals surface area contributed by atoms with Gasteiger partial charge in [-0.2, -0.15) is 0 Å². The molecule has 0 unspecified atom stereocenters. The Balaban J connectivity index is 2.09. The van der Waals surface area contributed by atoms with Crippen molar-refractivity contribution < 1.29 is 14.1 Å². The van der Waals surface area contributed by atoms with Crippen LogP contribution < -0.4 is 5.32 Å². The van der Waals surface area contributed by atoms with Gasteiger partial charge in [-0.25, -0.2) is 9.37 Å². The Kier molecular flexibility index (Phi) is 4.59. The van der Waals surface area contributed by atoms with E-state index in [9.17, 15) is 19.3 Å². The number of rotatable bonds is 5. The summed E-state index contributed by atoms with van der Waals surface area (Å²) in [6, 6.07) is 2.84. The molecule has 1 aromatic carbocycles. The van der Waals surface area contributed by atoms with Crippen LogP contribution in [0.5, 0.6) is 0 Å². The molecule has 0 bridgehead atoms. The molecule has 0 aliphatic carbocycles. The fraction of sp³-hybridized carbons (Fsp3) is 0.231. The molecule has 2 aromatic rings. The predicted octanol–water partition coefficient (Wildman–Crippen LogP) is 2.68. The summed E-state index contributed by atoms with van der Waals surface area (Å²) >= 11 is 1.45. The van der Waals surface area contributed by atoms with E-state index in [2.05, 4.69) is 10.3 Å². The molecule has 0 radical (unpaired) electrons. The van der Waals surface area contributed by atoms with Gasteiger partial charge in [0, 0.05) is 23.2 Å². The van der Waals surface area contributed by atoms with Crippen molar-refractivity contribution in [3.8, 4) is 0 Å². The highest BCUT2D eigenvalue weighted by Gasteiger charge is 2.17. The van der Waals surface area contributed by atoms with Crippen molar-refractivity contribution in [2.75, 3.05) is 0 Å². The maximum atomic E-state index is 13.6. The Morgan fingerprint density at radius 3 is 2.90 bits per heavy atom. The molecule has 0 atom stereocenters. The number of hydrogen-bond acceptors (Lipinski definition) is 5. The summed E-state index contributed by atoms with van der Waals surface area (Å²) in [6.07, 6.45) is 2.57. The van der Waals surface area contributed by atoms with Gasteiger partial charge in [-0.1, -0.05) is 6.92 Å². The number of halogens is 1. The van der Waals surface area contributed by atoms with Gasteiger partial charge in [0.05, 0.1) is 17.0 Å². The zero-order valence-electron chi connectivity index (χ0n) is 11.1. The second-order valence-corrected chi connectivity index (χ2v) is 5.38. The highest BCUT2D eigenvalue weighted by atomic mass is 32.1. The van der Waals surface area contributed by atoms with E-state index in [0.717, 1.165) is 29.5 Å². The molecule has 110 valence electrons. The Morgan fingerprint density at radius 1 is 1.52 bits per heavy atom. The molecule has 21 heavy (non-hydrogen) atoms. The Hall–Kier alpha value is -2.35. The van der Waals surface area contributed by atoms with Crippen molar-refractivity contribution in [2.24, 2.45) is 0 Å². The van der Waals surface area contributed by atoms with Gasteiger partial charge in [0.2, 0.25) is 0 Å². The summed E-state index contributed by atoms with van der Waals surface area (Å²) in [4.78, 5) is 27.1. The third-order valence-electron chi connectivity index (χ3n) is 2.76. The number of nitrogens with zero attached hydrogens (tertiary/aromatic N) is 2. The summed E-state index contributed by atoms with van der Waals surface area (Å²) in [6.45, 7) is 2.15. The highest BCUT2D eigenvalue weighted by molar-refractivity contribution is 7.11. The van der Waals surface area contributed by atoms with E-state index in [1.54, 1.807) is 6.20 Å². The minimum atomic E-state index is -0.800. The average Bonchev–Trinajstić information content (AvgIpc) is 2.93. The molecule has 2 rings (SSSR count). The van der Waals surface area contributed by atoms with Crippen LogP contribution in [0.1, 0.15) is 27.2 Å². The smallest absolute Gasteiger partial charge is 0.270 e. The second kappa shape index (κ2) is 6.40. The van der Waals surface area contributed by atoms with Crippen LogP contribution in [0, 0.1) is 15.9 Å². The van der Waals surface area contributed by atoms with E-state index < -0.39 is 16.6 Å². The lowest BCUT2D eigenvalue weighted by Crippen LogP contribution is -2.23. The van der Waals surface area contributed by atoms with Crippen molar-refractivity contribution in [3.05, 3.63) is 55.8 Å². The summed E-state index contributed by atoms with van der Waals surface area (Å²) in [7, 11) is 0. The summed E-state index contributed by atoms with van der Waals surface area (Å²) in [5, 5.41) is 13.9. The molecule has 1 aromatic heterocycles.